The molecular formula is C19H21F3N4O4S. The van der Waals surface area contributed by atoms with E-state index in [4.69, 9.17) is 14.2 Å². The maximum absolute atomic E-state index is 13.4. The number of carbonyl (C=O) groups is 1. The van der Waals surface area contributed by atoms with Crippen LogP contribution >= 0.6 is 11.8 Å². The monoisotopic (exact) mass is 458 g/mol. The number of carbonyl (C=O) groups excluding carboxylic acids is 1. The van der Waals surface area contributed by atoms with E-state index < -0.39 is 11.9 Å². The van der Waals surface area contributed by atoms with Crippen molar-refractivity contribution in [2.24, 2.45) is 0 Å². The lowest BCUT2D eigenvalue weighted by atomic mass is 10.1. The molecule has 0 unspecified atom stereocenters. The molecule has 0 bridgehead atoms. The number of amides is 1. The SMILES string of the molecule is COc1ccc(-c2cc(C(F)(F)F)nc(SCC(=O)NN3CCOCC3)n2)cc1OC. The first-order valence-corrected chi connectivity index (χ1v) is 10.2. The van der Waals surface area contributed by atoms with Gasteiger partial charge in [0.15, 0.2) is 16.7 Å². The predicted octanol–water partition coefficient (Wildman–Crippen LogP) is 2.64. The van der Waals surface area contributed by atoms with Gasteiger partial charge >= 0.3 is 6.18 Å². The fourth-order valence-corrected chi connectivity index (χ4v) is 3.44. The van der Waals surface area contributed by atoms with E-state index in [0.29, 0.717) is 43.4 Å². The molecule has 0 aliphatic carbocycles. The third-order valence-electron chi connectivity index (χ3n) is 4.30. The number of hydrazine groups is 1. The quantitative estimate of drug-likeness (QED) is 0.501. The average Bonchev–Trinajstić information content (AvgIpc) is 2.77. The van der Waals surface area contributed by atoms with Gasteiger partial charge in [0.05, 0.1) is 38.9 Å². The molecular weight excluding hydrogens is 437 g/mol. The van der Waals surface area contributed by atoms with Crippen LogP contribution in [0.25, 0.3) is 11.3 Å². The van der Waals surface area contributed by atoms with Crippen molar-refractivity contribution in [3.05, 3.63) is 30.0 Å². The number of hydrogen-bond donors (Lipinski definition) is 1. The molecule has 1 saturated heterocycles. The lowest BCUT2D eigenvalue weighted by molar-refractivity contribution is -0.141. The van der Waals surface area contributed by atoms with E-state index in [1.807, 2.05) is 0 Å². The molecule has 0 atom stereocenters. The minimum atomic E-state index is -4.67. The minimum absolute atomic E-state index is 0.0550. The summed E-state index contributed by atoms with van der Waals surface area (Å²) in [6.07, 6.45) is -4.67. The Kier molecular flexibility index (Phi) is 7.57. The van der Waals surface area contributed by atoms with Crippen molar-refractivity contribution in [1.29, 1.82) is 0 Å². The Balaban J connectivity index is 1.81. The summed E-state index contributed by atoms with van der Waals surface area (Å²) in [4.78, 5) is 19.9. The molecule has 1 aliphatic rings. The van der Waals surface area contributed by atoms with E-state index in [2.05, 4.69) is 15.4 Å². The highest BCUT2D eigenvalue weighted by atomic mass is 32.2. The summed E-state index contributed by atoms with van der Waals surface area (Å²) >= 11 is 0.826. The number of nitrogens with one attached hydrogen (secondary N) is 1. The molecule has 1 aromatic carbocycles. The van der Waals surface area contributed by atoms with Gasteiger partial charge in [0.25, 0.3) is 0 Å². The van der Waals surface area contributed by atoms with Crippen LogP contribution in [-0.4, -0.2) is 67.2 Å². The summed E-state index contributed by atoms with van der Waals surface area (Å²) in [5.74, 6) is 0.293. The second kappa shape index (κ2) is 10.2. The maximum Gasteiger partial charge on any atom is 0.433 e. The topological polar surface area (TPSA) is 85.8 Å². The van der Waals surface area contributed by atoms with Crippen molar-refractivity contribution in [2.45, 2.75) is 11.3 Å². The number of ether oxygens (including phenoxy) is 3. The van der Waals surface area contributed by atoms with Gasteiger partial charge in [-0.05, 0) is 24.3 Å². The Morgan fingerprint density at radius 1 is 1.16 bits per heavy atom. The van der Waals surface area contributed by atoms with Gasteiger partial charge in [-0.15, -0.1) is 0 Å². The minimum Gasteiger partial charge on any atom is -0.493 e. The maximum atomic E-state index is 13.4. The molecule has 31 heavy (non-hydrogen) atoms. The van der Waals surface area contributed by atoms with Gasteiger partial charge < -0.3 is 14.2 Å². The van der Waals surface area contributed by atoms with Gasteiger partial charge in [0.2, 0.25) is 5.91 Å². The van der Waals surface area contributed by atoms with Crippen molar-refractivity contribution in [2.75, 3.05) is 46.3 Å². The fourth-order valence-electron chi connectivity index (χ4n) is 2.79. The van der Waals surface area contributed by atoms with Gasteiger partial charge in [-0.2, -0.15) is 13.2 Å². The van der Waals surface area contributed by atoms with E-state index in [9.17, 15) is 18.0 Å². The van der Waals surface area contributed by atoms with Crippen molar-refractivity contribution < 1.29 is 32.2 Å². The molecule has 12 heteroatoms. The molecule has 1 N–H and O–H groups in total. The molecule has 168 valence electrons. The normalized spacial score (nSPS) is 14.9. The Labute approximate surface area is 181 Å². The first kappa shape index (κ1) is 23.1. The van der Waals surface area contributed by atoms with E-state index in [0.717, 1.165) is 17.8 Å². The molecule has 1 aliphatic heterocycles. The van der Waals surface area contributed by atoms with Crippen LogP contribution in [0.2, 0.25) is 0 Å². The number of hydrogen-bond acceptors (Lipinski definition) is 8. The molecule has 0 saturated carbocycles. The van der Waals surface area contributed by atoms with E-state index in [1.165, 1.54) is 20.3 Å². The standard InChI is InChI=1S/C19H21F3N4O4S/c1-28-14-4-3-12(9-15(14)29-2)13-10-16(19(20,21)22)24-18(23-13)31-11-17(27)25-26-5-7-30-8-6-26/h3-4,9-10H,5-8,11H2,1-2H3,(H,25,27). The zero-order valence-electron chi connectivity index (χ0n) is 16.9. The predicted molar refractivity (Wildman–Crippen MR) is 107 cm³/mol. The van der Waals surface area contributed by atoms with Gasteiger partial charge in [-0.1, -0.05) is 11.8 Å². The molecule has 8 nitrogen and oxygen atoms in total. The summed E-state index contributed by atoms with van der Waals surface area (Å²) < 4.78 is 55.8. The Bertz CT molecular complexity index is 924. The highest BCUT2D eigenvalue weighted by Crippen LogP contribution is 2.35. The van der Waals surface area contributed by atoms with Crippen LogP contribution < -0.4 is 14.9 Å². The van der Waals surface area contributed by atoms with Gasteiger partial charge in [-0.3, -0.25) is 10.2 Å². The Morgan fingerprint density at radius 3 is 2.52 bits per heavy atom. The summed E-state index contributed by atoms with van der Waals surface area (Å²) in [6, 6.07) is 5.54. The smallest absolute Gasteiger partial charge is 0.433 e. The van der Waals surface area contributed by atoms with Crippen molar-refractivity contribution in [1.82, 2.24) is 20.4 Å². The third kappa shape index (κ3) is 6.21. The van der Waals surface area contributed by atoms with Gasteiger partial charge in [-0.25, -0.2) is 15.0 Å². The molecule has 2 heterocycles. The number of nitrogens with zero attached hydrogens (tertiary/aromatic N) is 3. The van der Waals surface area contributed by atoms with Crippen LogP contribution in [0.1, 0.15) is 5.69 Å². The van der Waals surface area contributed by atoms with Crippen molar-refractivity contribution >= 4 is 17.7 Å². The van der Waals surface area contributed by atoms with E-state index >= 15 is 0 Å². The van der Waals surface area contributed by atoms with Gasteiger partial charge in [0.1, 0.15) is 5.69 Å². The second-order valence-electron chi connectivity index (χ2n) is 6.41. The third-order valence-corrected chi connectivity index (χ3v) is 5.15. The van der Waals surface area contributed by atoms with Crippen LogP contribution in [0.15, 0.2) is 29.4 Å². The average molecular weight is 458 g/mol. The largest absolute Gasteiger partial charge is 0.493 e. The molecule has 1 aromatic heterocycles. The van der Waals surface area contributed by atoms with E-state index in [1.54, 1.807) is 17.1 Å². The lowest BCUT2D eigenvalue weighted by Gasteiger charge is -2.26. The van der Waals surface area contributed by atoms with Crippen LogP contribution in [0.4, 0.5) is 13.2 Å². The van der Waals surface area contributed by atoms with Gasteiger partial charge in [0, 0.05) is 18.7 Å². The number of morpholine rings is 1. The Hall–Kier alpha value is -2.57. The number of thioether (sulfide) groups is 1. The number of halogens is 3. The van der Waals surface area contributed by atoms with Crippen LogP contribution in [0.3, 0.4) is 0 Å². The molecule has 3 rings (SSSR count). The first-order chi connectivity index (χ1) is 14.8. The van der Waals surface area contributed by atoms with Crippen LogP contribution in [0, 0.1) is 0 Å². The summed E-state index contributed by atoms with van der Waals surface area (Å²) in [5, 5.41) is 1.55. The summed E-state index contributed by atoms with van der Waals surface area (Å²) in [7, 11) is 2.89. The molecule has 2 aromatic rings. The van der Waals surface area contributed by atoms with Crippen molar-refractivity contribution in [3.8, 4) is 22.8 Å². The molecule has 1 amide bonds. The number of rotatable bonds is 7. The van der Waals surface area contributed by atoms with Crippen molar-refractivity contribution in [3.63, 3.8) is 0 Å². The number of methoxy groups -OCH3 is 2. The molecule has 1 fully saturated rings. The van der Waals surface area contributed by atoms with Crippen LogP contribution in [0.5, 0.6) is 11.5 Å². The Morgan fingerprint density at radius 2 is 1.87 bits per heavy atom. The highest BCUT2D eigenvalue weighted by Gasteiger charge is 2.34. The summed E-state index contributed by atoms with van der Waals surface area (Å²) in [6.45, 7) is 2.08. The molecule has 0 radical (unpaired) electrons. The second-order valence-corrected chi connectivity index (χ2v) is 7.35. The summed E-state index contributed by atoms with van der Waals surface area (Å²) in [5.41, 5.74) is 2.05. The first-order valence-electron chi connectivity index (χ1n) is 9.24. The number of aromatic nitrogens is 2. The zero-order chi connectivity index (χ0) is 22.4. The number of alkyl halides is 3. The number of benzene rings is 1. The van der Waals surface area contributed by atoms with Crippen LogP contribution in [-0.2, 0) is 15.7 Å². The van der Waals surface area contributed by atoms with E-state index in [-0.39, 0.29) is 22.5 Å². The highest BCUT2D eigenvalue weighted by molar-refractivity contribution is 7.99. The fraction of sp³-hybridized carbons (Fsp3) is 0.421. The lowest BCUT2D eigenvalue weighted by Crippen LogP contribution is -2.48. The zero-order valence-corrected chi connectivity index (χ0v) is 17.7. The molecule has 0 spiro atoms.